The molecule has 30 heavy (non-hydrogen) atoms. The Labute approximate surface area is 192 Å². The molecule has 7 heteroatoms. The second-order valence-electron chi connectivity index (χ2n) is 7.71. The van der Waals surface area contributed by atoms with Crippen LogP contribution >= 0.6 is 34.8 Å². The van der Waals surface area contributed by atoms with Gasteiger partial charge in [0.25, 0.3) is 0 Å². The molecule has 1 aliphatic carbocycles. The molecule has 3 rings (SSSR count). The molecule has 0 unspecified atom stereocenters. The molecule has 2 aromatic carbocycles. The minimum atomic E-state index is -0.888. The second-order valence-corrected chi connectivity index (χ2v) is 8.85. The fourth-order valence-corrected chi connectivity index (χ4v) is 4.42. The third-order valence-electron chi connectivity index (χ3n) is 5.60. The van der Waals surface area contributed by atoms with Gasteiger partial charge in [-0.25, -0.2) is 0 Å². The molecular weight excluding hydrogens is 443 g/mol. The number of alkyl halides is 1. The molecule has 0 aliphatic heterocycles. The van der Waals surface area contributed by atoms with Gasteiger partial charge < -0.3 is 5.32 Å². The molecule has 0 heterocycles. The van der Waals surface area contributed by atoms with Crippen LogP contribution in [0, 0.1) is 5.92 Å². The van der Waals surface area contributed by atoms with Crippen LogP contribution in [0.3, 0.4) is 0 Å². The summed E-state index contributed by atoms with van der Waals surface area (Å²) in [4.78, 5) is 27.9. The topological polar surface area (TPSA) is 49.4 Å². The molecule has 0 saturated heterocycles. The summed E-state index contributed by atoms with van der Waals surface area (Å²) in [7, 11) is 0. The highest BCUT2D eigenvalue weighted by Gasteiger charge is 2.34. The zero-order valence-electron chi connectivity index (χ0n) is 16.8. The van der Waals surface area contributed by atoms with Gasteiger partial charge in [-0.3, -0.25) is 14.5 Å². The molecule has 2 aromatic rings. The lowest BCUT2D eigenvalue weighted by Crippen LogP contribution is -2.49. The lowest BCUT2D eigenvalue weighted by molar-refractivity contribution is -0.126. The predicted octanol–water partition coefficient (Wildman–Crippen LogP) is 6.00. The van der Waals surface area contributed by atoms with Gasteiger partial charge in [0.1, 0.15) is 11.9 Å². The van der Waals surface area contributed by atoms with Crippen LogP contribution in [0.2, 0.25) is 10.0 Å². The van der Waals surface area contributed by atoms with Crippen LogP contribution in [0.15, 0.2) is 48.5 Å². The van der Waals surface area contributed by atoms with Gasteiger partial charge in [0.15, 0.2) is 0 Å². The number of amides is 2. The van der Waals surface area contributed by atoms with Crippen molar-refractivity contribution in [2.45, 2.75) is 44.7 Å². The van der Waals surface area contributed by atoms with Crippen molar-refractivity contribution in [3.8, 4) is 0 Å². The number of carbonyl (C=O) groups excluding carboxylic acids is 2. The van der Waals surface area contributed by atoms with Crippen molar-refractivity contribution in [3.05, 3.63) is 64.1 Å². The zero-order chi connectivity index (χ0) is 21.7. The average Bonchev–Trinajstić information content (AvgIpc) is 2.74. The number of hydrogen-bond donors (Lipinski definition) is 1. The van der Waals surface area contributed by atoms with Gasteiger partial charge in [0.05, 0.1) is 0 Å². The van der Waals surface area contributed by atoms with E-state index in [-0.39, 0.29) is 23.7 Å². The van der Waals surface area contributed by atoms with E-state index in [1.165, 1.54) is 11.3 Å². The van der Waals surface area contributed by atoms with E-state index in [0.29, 0.717) is 27.2 Å². The molecule has 0 spiro atoms. The van der Waals surface area contributed by atoms with E-state index in [4.69, 9.17) is 34.8 Å². The number of hydrogen-bond acceptors (Lipinski definition) is 2. The first kappa shape index (κ1) is 22.9. The van der Waals surface area contributed by atoms with E-state index in [9.17, 15) is 9.59 Å². The Morgan fingerprint density at radius 2 is 1.77 bits per heavy atom. The third-order valence-corrected chi connectivity index (χ3v) is 6.32. The molecule has 4 nitrogen and oxygen atoms in total. The lowest BCUT2D eigenvalue weighted by Gasteiger charge is -2.35. The summed E-state index contributed by atoms with van der Waals surface area (Å²) >= 11 is 18.2. The fraction of sp³-hybridized carbons (Fsp3) is 0.391. The molecule has 1 saturated carbocycles. The number of nitrogens with one attached hydrogen (secondary N) is 1. The van der Waals surface area contributed by atoms with Crippen LogP contribution in [-0.4, -0.2) is 23.7 Å². The number of carbonyl (C=O) groups is 2. The van der Waals surface area contributed by atoms with Crippen molar-refractivity contribution in [2.24, 2.45) is 5.92 Å². The highest BCUT2D eigenvalue weighted by molar-refractivity contribution is 6.32. The van der Waals surface area contributed by atoms with Crippen molar-refractivity contribution < 1.29 is 9.59 Å². The van der Waals surface area contributed by atoms with Crippen LogP contribution in [0.25, 0.3) is 0 Å². The summed E-state index contributed by atoms with van der Waals surface area (Å²) in [5.74, 6) is -0.499. The Balaban J connectivity index is 2.02. The second kappa shape index (κ2) is 10.5. The maximum Gasteiger partial charge on any atom is 0.248 e. The van der Waals surface area contributed by atoms with Crippen molar-refractivity contribution in [1.29, 1.82) is 0 Å². The number of nitrogens with zero attached hydrogens (tertiary/aromatic N) is 1. The first-order valence-electron chi connectivity index (χ1n) is 10.1. The standard InChI is InChI=1S/C23H25Cl3N2O2/c1-15-5-2-3-8-20(15)27-23(30)22(16-9-11-17(25)12-10-16)28(21(29)14-24)19-7-4-6-18(26)13-19/h4,6-7,9-13,15,20,22H,2-3,5,8,14H2,1H3,(H,27,30)/t15-,20+,22-/m1/s1. The van der Waals surface area contributed by atoms with Crippen molar-refractivity contribution >= 4 is 52.3 Å². The largest absolute Gasteiger partial charge is 0.351 e. The SMILES string of the molecule is C[C@@H]1CCCC[C@@H]1NC(=O)[C@@H](c1ccc(Cl)cc1)N(C(=O)CCl)c1cccc(Cl)c1. The Morgan fingerprint density at radius 1 is 1.07 bits per heavy atom. The van der Waals surface area contributed by atoms with Gasteiger partial charge >= 0.3 is 0 Å². The Hall–Kier alpha value is -1.75. The molecule has 0 radical (unpaired) electrons. The predicted molar refractivity (Wildman–Crippen MR) is 123 cm³/mol. The minimum absolute atomic E-state index is 0.0772. The molecule has 0 aromatic heterocycles. The quantitative estimate of drug-likeness (QED) is 0.530. The molecule has 160 valence electrons. The van der Waals surface area contributed by atoms with Gasteiger partial charge in [0, 0.05) is 21.8 Å². The number of anilines is 1. The normalized spacial score (nSPS) is 19.7. The molecule has 1 fully saturated rings. The average molecular weight is 468 g/mol. The van der Waals surface area contributed by atoms with Crippen molar-refractivity contribution in [2.75, 3.05) is 10.8 Å². The van der Waals surface area contributed by atoms with Crippen LogP contribution in [0.5, 0.6) is 0 Å². The third kappa shape index (κ3) is 5.48. The van der Waals surface area contributed by atoms with Gasteiger partial charge in [-0.15, -0.1) is 11.6 Å². The van der Waals surface area contributed by atoms with E-state index in [1.807, 2.05) is 0 Å². The van der Waals surface area contributed by atoms with Crippen molar-refractivity contribution in [1.82, 2.24) is 5.32 Å². The molecule has 3 atom stereocenters. The highest BCUT2D eigenvalue weighted by Crippen LogP contribution is 2.32. The van der Waals surface area contributed by atoms with Gasteiger partial charge in [-0.1, -0.05) is 61.2 Å². The summed E-state index contributed by atoms with van der Waals surface area (Å²) in [6.07, 6.45) is 4.27. The van der Waals surface area contributed by atoms with E-state index >= 15 is 0 Å². The summed E-state index contributed by atoms with van der Waals surface area (Å²) in [6.45, 7) is 2.15. The Kier molecular flexibility index (Phi) is 8.04. The van der Waals surface area contributed by atoms with Crippen molar-refractivity contribution in [3.63, 3.8) is 0 Å². The Morgan fingerprint density at radius 3 is 2.40 bits per heavy atom. The summed E-state index contributed by atoms with van der Waals surface area (Å²) in [6, 6.07) is 13.0. The molecule has 1 N–H and O–H groups in total. The molecule has 0 bridgehead atoms. The van der Waals surface area contributed by atoms with E-state index < -0.39 is 6.04 Å². The smallest absolute Gasteiger partial charge is 0.248 e. The fourth-order valence-electron chi connectivity index (χ4n) is 3.98. The van der Waals surface area contributed by atoms with Crippen LogP contribution in [0.1, 0.15) is 44.2 Å². The van der Waals surface area contributed by atoms with Gasteiger partial charge in [-0.2, -0.15) is 0 Å². The number of rotatable bonds is 6. The highest BCUT2D eigenvalue weighted by atomic mass is 35.5. The van der Waals surface area contributed by atoms with Crippen LogP contribution < -0.4 is 10.2 Å². The number of benzene rings is 2. The zero-order valence-corrected chi connectivity index (χ0v) is 19.1. The summed E-state index contributed by atoms with van der Waals surface area (Å²) < 4.78 is 0. The molecular formula is C23H25Cl3N2O2. The lowest BCUT2D eigenvalue weighted by atomic mass is 9.85. The van der Waals surface area contributed by atoms with Crippen LogP contribution in [-0.2, 0) is 9.59 Å². The maximum atomic E-state index is 13.5. The van der Waals surface area contributed by atoms with Crippen LogP contribution in [0.4, 0.5) is 5.69 Å². The molecule has 2 amide bonds. The monoisotopic (exact) mass is 466 g/mol. The first-order valence-corrected chi connectivity index (χ1v) is 11.4. The summed E-state index contributed by atoms with van der Waals surface area (Å²) in [5, 5.41) is 4.20. The summed E-state index contributed by atoms with van der Waals surface area (Å²) in [5.41, 5.74) is 1.17. The first-order chi connectivity index (χ1) is 14.4. The molecule has 1 aliphatic rings. The van der Waals surface area contributed by atoms with E-state index in [2.05, 4.69) is 12.2 Å². The minimum Gasteiger partial charge on any atom is -0.351 e. The van der Waals surface area contributed by atoms with E-state index in [0.717, 1.165) is 19.3 Å². The maximum absolute atomic E-state index is 13.5. The number of halogens is 3. The van der Waals surface area contributed by atoms with Gasteiger partial charge in [-0.05, 0) is 54.7 Å². The Bertz CT molecular complexity index is 888. The van der Waals surface area contributed by atoms with E-state index in [1.54, 1.807) is 48.5 Å². The van der Waals surface area contributed by atoms with Gasteiger partial charge in [0.2, 0.25) is 11.8 Å².